The Morgan fingerprint density at radius 1 is 1.10 bits per heavy atom. The van der Waals surface area contributed by atoms with Crippen molar-refractivity contribution in [1.82, 2.24) is 0 Å². The molecule has 0 aromatic heterocycles. The van der Waals surface area contributed by atoms with Gasteiger partial charge in [0.05, 0.1) is 5.41 Å². The fourth-order valence-electron chi connectivity index (χ4n) is 9.23. The number of Topliss-reactive ketones (excluding diaryl/α,β-unsaturated/α-hetero) is 1. The van der Waals surface area contributed by atoms with E-state index >= 15 is 0 Å². The Morgan fingerprint density at radius 3 is 2.60 bits per heavy atom. The highest BCUT2D eigenvalue weighted by Gasteiger charge is 2.65. The van der Waals surface area contributed by atoms with E-state index in [0.29, 0.717) is 24.7 Å². The SMILES string of the molecule is COCC(=O)[C@@]1(C#CCO)CC[C@H]2[C@@H]3CCC4=CC(=O)CCC4=C3C(c3ccc(N4CCCCC4)cc3)C[C@@]21C. The summed E-state index contributed by atoms with van der Waals surface area (Å²) in [5, 5.41) is 9.67. The molecule has 0 amide bonds. The van der Waals surface area contributed by atoms with Crippen LogP contribution in [-0.2, 0) is 14.3 Å². The Hall–Kier alpha value is -2.68. The largest absolute Gasteiger partial charge is 0.384 e. The van der Waals surface area contributed by atoms with Gasteiger partial charge in [0.1, 0.15) is 13.2 Å². The van der Waals surface area contributed by atoms with Crippen LogP contribution in [0, 0.1) is 34.5 Å². The van der Waals surface area contributed by atoms with E-state index in [4.69, 9.17) is 4.74 Å². The number of ketones is 2. The number of carbonyl (C=O) groups excluding carboxylic acids is 2. The molecule has 5 aliphatic rings. The number of aliphatic hydroxyl groups is 1. The van der Waals surface area contributed by atoms with E-state index in [1.165, 1.54) is 47.2 Å². The van der Waals surface area contributed by atoms with Gasteiger partial charge in [-0.25, -0.2) is 0 Å². The van der Waals surface area contributed by atoms with Crippen molar-refractivity contribution in [2.75, 3.05) is 38.3 Å². The minimum atomic E-state index is -0.822. The van der Waals surface area contributed by atoms with Crippen molar-refractivity contribution in [3.05, 3.63) is 52.6 Å². The Labute approximate surface area is 239 Å². The molecule has 5 atom stereocenters. The van der Waals surface area contributed by atoms with Crippen LogP contribution in [0.1, 0.15) is 82.6 Å². The minimum absolute atomic E-state index is 0.0469. The second kappa shape index (κ2) is 11.0. The highest BCUT2D eigenvalue weighted by Crippen LogP contribution is 2.69. The number of nitrogens with zero attached hydrogens (tertiary/aromatic N) is 1. The average Bonchev–Trinajstić information content (AvgIpc) is 3.28. The summed E-state index contributed by atoms with van der Waals surface area (Å²) in [5.41, 5.74) is 5.65. The summed E-state index contributed by atoms with van der Waals surface area (Å²) < 4.78 is 5.38. The zero-order valence-electron chi connectivity index (χ0n) is 24.1. The van der Waals surface area contributed by atoms with E-state index in [1.54, 1.807) is 7.11 Å². The molecule has 0 spiro atoms. The molecule has 0 radical (unpaired) electrons. The summed E-state index contributed by atoms with van der Waals surface area (Å²) in [4.78, 5) is 28.7. The van der Waals surface area contributed by atoms with Crippen molar-refractivity contribution in [1.29, 1.82) is 0 Å². The van der Waals surface area contributed by atoms with Crippen molar-refractivity contribution in [3.63, 3.8) is 0 Å². The number of rotatable bonds is 5. The van der Waals surface area contributed by atoms with Gasteiger partial charge in [-0.15, -0.1) is 0 Å². The molecule has 1 N–H and O–H groups in total. The number of anilines is 1. The van der Waals surface area contributed by atoms with Gasteiger partial charge in [-0.1, -0.05) is 36.5 Å². The molecule has 1 unspecified atom stereocenters. The molecular formula is C35H43NO4. The lowest BCUT2D eigenvalue weighted by atomic mass is 9.48. The maximum atomic E-state index is 13.8. The number of piperidine rings is 1. The van der Waals surface area contributed by atoms with E-state index < -0.39 is 5.41 Å². The molecule has 5 nitrogen and oxygen atoms in total. The third-order valence-corrected chi connectivity index (χ3v) is 11.1. The fraction of sp³-hybridized carbons (Fsp3) is 0.600. The van der Waals surface area contributed by atoms with E-state index in [2.05, 4.69) is 47.9 Å². The number of aliphatic hydroxyl groups excluding tert-OH is 1. The highest BCUT2D eigenvalue weighted by atomic mass is 16.5. The number of carbonyl (C=O) groups is 2. The molecule has 1 saturated heterocycles. The summed E-state index contributed by atoms with van der Waals surface area (Å²) in [6, 6.07) is 9.23. The van der Waals surface area contributed by atoms with Crippen molar-refractivity contribution < 1.29 is 19.4 Å². The zero-order chi connectivity index (χ0) is 27.9. The standard InChI is InChI=1S/C35H43NO4/c1-34-22-30(24-7-10-26(11-8-24)36-18-4-3-5-19-36)33-28-14-12-27(38)21-25(28)9-13-29(33)31(34)15-17-35(34,16-6-20-37)32(39)23-40-2/h7-8,10-11,21,29-31,37H,3-5,9,12-15,17-20,22-23H2,1-2H3/t29-,30?,31-,34-,35+/m0/s1. The lowest BCUT2D eigenvalue weighted by Crippen LogP contribution is -2.51. The van der Waals surface area contributed by atoms with Crippen LogP contribution < -0.4 is 4.90 Å². The summed E-state index contributed by atoms with van der Waals surface area (Å²) in [5.74, 6) is 7.46. The van der Waals surface area contributed by atoms with Gasteiger partial charge in [-0.05, 0) is 110 Å². The summed E-state index contributed by atoms with van der Waals surface area (Å²) in [6.45, 7) is 4.35. The Morgan fingerprint density at radius 2 is 1.88 bits per heavy atom. The third kappa shape index (κ3) is 4.39. The van der Waals surface area contributed by atoms with Crippen LogP contribution in [0.3, 0.4) is 0 Å². The van der Waals surface area contributed by atoms with Crippen molar-refractivity contribution in [3.8, 4) is 11.8 Å². The number of ether oxygens (including phenoxy) is 1. The maximum absolute atomic E-state index is 13.8. The van der Waals surface area contributed by atoms with Crippen LogP contribution in [0.5, 0.6) is 0 Å². The van der Waals surface area contributed by atoms with Crippen molar-refractivity contribution >= 4 is 17.3 Å². The molecule has 0 bridgehead atoms. The first-order chi connectivity index (χ1) is 19.4. The zero-order valence-corrected chi connectivity index (χ0v) is 24.1. The van der Waals surface area contributed by atoms with Crippen LogP contribution in [0.2, 0.25) is 0 Å². The molecule has 1 aromatic rings. The monoisotopic (exact) mass is 541 g/mol. The van der Waals surface area contributed by atoms with Gasteiger partial charge in [0, 0.05) is 38.2 Å². The van der Waals surface area contributed by atoms with Gasteiger partial charge in [-0.3, -0.25) is 9.59 Å². The smallest absolute Gasteiger partial charge is 0.176 e. The van der Waals surface area contributed by atoms with E-state index in [-0.39, 0.29) is 36.1 Å². The second-order valence-corrected chi connectivity index (χ2v) is 12.9. The second-order valence-electron chi connectivity index (χ2n) is 12.9. The molecule has 5 heteroatoms. The first-order valence-electron chi connectivity index (χ1n) is 15.4. The van der Waals surface area contributed by atoms with Gasteiger partial charge >= 0.3 is 0 Å². The molecule has 212 valence electrons. The Balaban J connectivity index is 1.47. The first-order valence-corrected chi connectivity index (χ1v) is 15.4. The van der Waals surface area contributed by atoms with Crippen molar-refractivity contribution in [2.24, 2.45) is 22.7 Å². The van der Waals surface area contributed by atoms with E-state index in [1.807, 2.05) is 6.08 Å². The molecule has 1 aliphatic heterocycles. The molecule has 3 fully saturated rings. The molecule has 6 rings (SSSR count). The van der Waals surface area contributed by atoms with Crippen LogP contribution in [0.25, 0.3) is 0 Å². The number of hydrogen-bond acceptors (Lipinski definition) is 5. The molecule has 2 saturated carbocycles. The third-order valence-electron chi connectivity index (χ3n) is 11.1. The number of benzene rings is 1. The number of methoxy groups -OCH3 is 1. The number of allylic oxidation sites excluding steroid dienone is 4. The molecule has 1 heterocycles. The number of fused-ring (bicyclic) bond motifs is 4. The van der Waals surface area contributed by atoms with E-state index in [0.717, 1.165) is 45.2 Å². The lowest BCUT2D eigenvalue weighted by molar-refractivity contribution is -0.136. The normalized spacial score (nSPS) is 33.4. The summed E-state index contributed by atoms with van der Waals surface area (Å²) in [6.07, 6.45) is 11.6. The molecule has 1 aromatic carbocycles. The van der Waals surface area contributed by atoms with E-state index in [9.17, 15) is 14.7 Å². The molecular weight excluding hydrogens is 498 g/mol. The van der Waals surface area contributed by atoms with Gasteiger partial charge in [0.15, 0.2) is 11.6 Å². The molecule has 40 heavy (non-hydrogen) atoms. The highest BCUT2D eigenvalue weighted by molar-refractivity contribution is 5.93. The van der Waals surface area contributed by atoms with Gasteiger partial charge in [-0.2, -0.15) is 0 Å². The van der Waals surface area contributed by atoms with Crippen LogP contribution in [0.15, 0.2) is 47.1 Å². The predicted molar refractivity (Wildman–Crippen MR) is 157 cm³/mol. The van der Waals surface area contributed by atoms with Gasteiger partial charge in [0.25, 0.3) is 0 Å². The first kappa shape index (κ1) is 27.5. The van der Waals surface area contributed by atoms with Gasteiger partial charge < -0.3 is 14.7 Å². The lowest BCUT2D eigenvalue weighted by Gasteiger charge is -2.54. The minimum Gasteiger partial charge on any atom is -0.384 e. The van der Waals surface area contributed by atoms with Crippen LogP contribution in [0.4, 0.5) is 5.69 Å². The topological polar surface area (TPSA) is 66.8 Å². The summed E-state index contributed by atoms with van der Waals surface area (Å²) >= 11 is 0. The van der Waals surface area contributed by atoms with Gasteiger partial charge in [0.2, 0.25) is 0 Å². The van der Waals surface area contributed by atoms with Crippen molar-refractivity contribution in [2.45, 2.75) is 77.0 Å². The maximum Gasteiger partial charge on any atom is 0.176 e. The quantitative estimate of drug-likeness (QED) is 0.479. The summed E-state index contributed by atoms with van der Waals surface area (Å²) in [7, 11) is 1.58. The predicted octanol–water partition coefficient (Wildman–Crippen LogP) is 5.77. The number of hydrogen-bond donors (Lipinski definition) is 1. The Kier molecular flexibility index (Phi) is 7.53. The Bertz CT molecular complexity index is 1290. The average molecular weight is 542 g/mol. The van der Waals surface area contributed by atoms with Crippen LogP contribution >= 0.6 is 0 Å². The molecule has 4 aliphatic carbocycles. The van der Waals surface area contributed by atoms with Crippen LogP contribution in [-0.4, -0.2) is 50.1 Å². The fourth-order valence-corrected chi connectivity index (χ4v) is 9.23.